The first kappa shape index (κ1) is 18.1. The van der Waals surface area contributed by atoms with E-state index in [1.54, 1.807) is 30.3 Å². The molecule has 138 valence electrons. The average Bonchev–Trinajstić information content (AvgIpc) is 3.51. The number of carbonyl (C=O) groups is 2. The van der Waals surface area contributed by atoms with Crippen LogP contribution in [0.1, 0.15) is 30.9 Å². The van der Waals surface area contributed by atoms with Crippen LogP contribution in [-0.2, 0) is 9.59 Å². The monoisotopic (exact) mass is 357 g/mol. The maximum absolute atomic E-state index is 12.3. The van der Waals surface area contributed by atoms with Crippen molar-refractivity contribution in [3.8, 4) is 5.75 Å². The van der Waals surface area contributed by atoms with Gasteiger partial charge in [-0.2, -0.15) is 0 Å². The van der Waals surface area contributed by atoms with E-state index in [0.29, 0.717) is 11.3 Å². The molecule has 2 unspecified atom stereocenters. The summed E-state index contributed by atoms with van der Waals surface area (Å²) in [5.74, 6) is -0.315. The van der Waals surface area contributed by atoms with Crippen LogP contribution < -0.4 is 15.8 Å². The molecule has 2 aliphatic rings. The Hall–Kier alpha value is -2.67. The maximum atomic E-state index is 12.3. The van der Waals surface area contributed by atoms with Crippen molar-refractivity contribution in [2.45, 2.75) is 25.4 Å². The SMILES string of the molecule is CNC(=O)C1=NC(C(O)c2ccccc2OC)=CC(C(N)=O)(C2CC2)C1. The molecule has 1 aliphatic heterocycles. The second kappa shape index (κ2) is 6.92. The summed E-state index contributed by atoms with van der Waals surface area (Å²) < 4.78 is 5.31. The molecule has 1 fully saturated rings. The minimum atomic E-state index is -1.14. The molecule has 3 rings (SSSR count). The van der Waals surface area contributed by atoms with Gasteiger partial charge in [-0.25, -0.2) is 4.99 Å². The number of aliphatic hydroxyl groups excluding tert-OH is 1. The van der Waals surface area contributed by atoms with Crippen molar-refractivity contribution in [3.05, 3.63) is 41.6 Å². The van der Waals surface area contributed by atoms with Crippen LogP contribution in [0.2, 0.25) is 0 Å². The number of ether oxygens (including phenoxy) is 1. The molecule has 1 heterocycles. The Morgan fingerprint density at radius 2 is 2.08 bits per heavy atom. The fourth-order valence-corrected chi connectivity index (χ4v) is 3.51. The molecule has 26 heavy (non-hydrogen) atoms. The highest BCUT2D eigenvalue weighted by atomic mass is 16.5. The number of primary amides is 1. The standard InChI is InChI=1S/C19H23N3O4/c1-21-17(24)14-10-19(18(20)25,11-7-8-11)9-13(22-14)16(23)12-5-3-4-6-15(12)26-2/h3-6,9,11,16,23H,7-8,10H2,1-2H3,(H2,20,25)(H,21,24). The second-order valence-electron chi connectivity index (χ2n) is 6.71. The molecule has 7 nitrogen and oxygen atoms in total. The van der Waals surface area contributed by atoms with E-state index in [1.165, 1.54) is 14.2 Å². The van der Waals surface area contributed by atoms with Gasteiger partial charge in [-0.15, -0.1) is 0 Å². The Balaban J connectivity index is 2.09. The van der Waals surface area contributed by atoms with E-state index in [0.717, 1.165) is 12.8 Å². The molecular weight excluding hydrogens is 334 g/mol. The van der Waals surface area contributed by atoms with Gasteiger partial charge in [0.15, 0.2) is 0 Å². The number of para-hydroxylation sites is 1. The van der Waals surface area contributed by atoms with Crippen LogP contribution in [0.3, 0.4) is 0 Å². The number of aliphatic hydroxyl groups is 1. The minimum Gasteiger partial charge on any atom is -0.496 e. The van der Waals surface area contributed by atoms with Gasteiger partial charge in [-0.1, -0.05) is 18.2 Å². The number of rotatable bonds is 6. The molecule has 1 saturated carbocycles. The Morgan fingerprint density at radius 1 is 1.38 bits per heavy atom. The third-order valence-electron chi connectivity index (χ3n) is 5.10. The van der Waals surface area contributed by atoms with Crippen molar-refractivity contribution in [2.24, 2.45) is 22.1 Å². The fraction of sp³-hybridized carbons (Fsp3) is 0.421. The number of methoxy groups -OCH3 is 1. The summed E-state index contributed by atoms with van der Waals surface area (Å²) in [6.07, 6.45) is 2.38. The van der Waals surface area contributed by atoms with Crippen molar-refractivity contribution in [1.82, 2.24) is 5.32 Å². The lowest BCUT2D eigenvalue weighted by molar-refractivity contribution is -0.126. The van der Waals surface area contributed by atoms with E-state index < -0.39 is 17.4 Å². The van der Waals surface area contributed by atoms with Gasteiger partial charge >= 0.3 is 0 Å². The number of nitrogens with one attached hydrogen (secondary N) is 1. The minimum absolute atomic E-state index is 0.0648. The Morgan fingerprint density at radius 3 is 2.65 bits per heavy atom. The van der Waals surface area contributed by atoms with Crippen LogP contribution in [0.5, 0.6) is 5.75 Å². The number of benzene rings is 1. The smallest absolute Gasteiger partial charge is 0.265 e. The van der Waals surface area contributed by atoms with Crippen LogP contribution in [0.25, 0.3) is 0 Å². The van der Waals surface area contributed by atoms with E-state index >= 15 is 0 Å². The van der Waals surface area contributed by atoms with E-state index in [9.17, 15) is 14.7 Å². The zero-order valence-corrected chi connectivity index (χ0v) is 14.9. The van der Waals surface area contributed by atoms with E-state index in [4.69, 9.17) is 10.5 Å². The predicted octanol–water partition coefficient (Wildman–Crippen LogP) is 1.08. The van der Waals surface area contributed by atoms with E-state index in [1.807, 2.05) is 0 Å². The van der Waals surface area contributed by atoms with Gasteiger partial charge < -0.3 is 20.9 Å². The molecule has 1 aliphatic carbocycles. The summed E-state index contributed by atoms with van der Waals surface area (Å²) in [5, 5.41) is 13.4. The molecule has 7 heteroatoms. The summed E-state index contributed by atoms with van der Waals surface area (Å²) in [7, 11) is 3.01. The third-order valence-corrected chi connectivity index (χ3v) is 5.10. The first-order valence-electron chi connectivity index (χ1n) is 8.56. The van der Waals surface area contributed by atoms with Crippen LogP contribution in [-0.4, -0.2) is 36.8 Å². The molecule has 2 amide bonds. The van der Waals surface area contributed by atoms with Gasteiger partial charge in [0.25, 0.3) is 5.91 Å². The number of hydrogen-bond donors (Lipinski definition) is 3. The summed E-state index contributed by atoms with van der Waals surface area (Å²) in [5.41, 5.74) is 5.68. The highest BCUT2D eigenvalue weighted by molar-refractivity contribution is 6.39. The van der Waals surface area contributed by atoms with Gasteiger partial charge in [0.1, 0.15) is 17.6 Å². The van der Waals surface area contributed by atoms with Crippen LogP contribution >= 0.6 is 0 Å². The second-order valence-corrected chi connectivity index (χ2v) is 6.71. The summed E-state index contributed by atoms with van der Waals surface area (Å²) in [4.78, 5) is 28.9. The molecule has 2 atom stereocenters. The third kappa shape index (κ3) is 3.10. The van der Waals surface area contributed by atoms with Crippen molar-refractivity contribution >= 4 is 17.5 Å². The molecule has 0 aromatic heterocycles. The molecule has 0 spiro atoms. The Labute approximate surface area is 151 Å². The quantitative estimate of drug-likeness (QED) is 0.707. The molecule has 0 radical (unpaired) electrons. The topological polar surface area (TPSA) is 114 Å². The average molecular weight is 357 g/mol. The number of carbonyl (C=O) groups excluding carboxylic acids is 2. The summed E-state index contributed by atoms with van der Waals surface area (Å²) in [6.45, 7) is 0. The molecule has 4 N–H and O–H groups in total. The van der Waals surface area contributed by atoms with Gasteiger partial charge in [0.2, 0.25) is 5.91 Å². The van der Waals surface area contributed by atoms with Crippen molar-refractivity contribution in [2.75, 3.05) is 14.2 Å². The van der Waals surface area contributed by atoms with Gasteiger partial charge in [0, 0.05) is 19.0 Å². The Kier molecular flexibility index (Phi) is 4.82. The van der Waals surface area contributed by atoms with Gasteiger partial charge in [-0.3, -0.25) is 9.59 Å². The van der Waals surface area contributed by atoms with Crippen molar-refractivity contribution < 1.29 is 19.4 Å². The summed E-state index contributed by atoms with van der Waals surface area (Å²) in [6, 6.07) is 7.02. The van der Waals surface area contributed by atoms with Crippen LogP contribution in [0, 0.1) is 11.3 Å². The Bertz CT molecular complexity index is 798. The normalized spacial score (nSPS) is 23.5. The van der Waals surface area contributed by atoms with E-state index in [2.05, 4.69) is 10.3 Å². The molecule has 1 aromatic carbocycles. The van der Waals surface area contributed by atoms with Gasteiger partial charge in [-0.05, 0) is 30.9 Å². The molecule has 0 saturated heterocycles. The van der Waals surface area contributed by atoms with Crippen LogP contribution in [0.15, 0.2) is 41.0 Å². The fourth-order valence-electron chi connectivity index (χ4n) is 3.51. The lowest BCUT2D eigenvalue weighted by Gasteiger charge is -2.32. The highest BCUT2D eigenvalue weighted by Gasteiger charge is 2.51. The lowest BCUT2D eigenvalue weighted by Crippen LogP contribution is -2.44. The molecular formula is C19H23N3O4. The number of aliphatic imine (C=N–C) groups is 1. The highest BCUT2D eigenvalue weighted by Crippen LogP contribution is 2.52. The lowest BCUT2D eigenvalue weighted by atomic mass is 9.74. The maximum Gasteiger partial charge on any atom is 0.265 e. The molecule has 0 bridgehead atoms. The van der Waals surface area contributed by atoms with Crippen molar-refractivity contribution in [3.63, 3.8) is 0 Å². The summed E-state index contributed by atoms with van der Waals surface area (Å²) >= 11 is 0. The molecule has 1 aromatic rings. The largest absolute Gasteiger partial charge is 0.496 e. The number of nitrogens with two attached hydrogens (primary N) is 1. The number of amides is 2. The zero-order chi connectivity index (χ0) is 18.9. The number of nitrogens with zero attached hydrogens (tertiary/aromatic N) is 1. The van der Waals surface area contributed by atoms with Crippen LogP contribution in [0.4, 0.5) is 0 Å². The van der Waals surface area contributed by atoms with Crippen molar-refractivity contribution in [1.29, 1.82) is 0 Å². The zero-order valence-electron chi connectivity index (χ0n) is 14.9. The van der Waals surface area contributed by atoms with Gasteiger partial charge in [0.05, 0.1) is 18.2 Å². The first-order chi connectivity index (χ1) is 12.4. The number of hydrogen-bond acceptors (Lipinski definition) is 5. The van der Waals surface area contributed by atoms with E-state index in [-0.39, 0.29) is 29.7 Å². The first-order valence-corrected chi connectivity index (χ1v) is 8.56. The predicted molar refractivity (Wildman–Crippen MR) is 96.5 cm³/mol.